The van der Waals surface area contributed by atoms with Crippen molar-refractivity contribution in [3.8, 4) is 0 Å². The van der Waals surface area contributed by atoms with Gasteiger partial charge in [0, 0.05) is 5.02 Å². The van der Waals surface area contributed by atoms with Gasteiger partial charge in [-0.25, -0.2) is 13.2 Å². The van der Waals surface area contributed by atoms with E-state index in [0.29, 0.717) is 0 Å². The third-order valence-corrected chi connectivity index (χ3v) is 2.39. The Labute approximate surface area is 94.6 Å². The molecule has 0 heterocycles. The molecular formula is C10H8ClF3O2. The normalized spacial score (nSPS) is 12.8. The molecular weight excluding hydrogens is 245 g/mol. The Morgan fingerprint density at radius 1 is 1.44 bits per heavy atom. The number of carbonyl (C=O) groups is 1. The second-order valence-corrected chi connectivity index (χ2v) is 3.61. The fourth-order valence-electron chi connectivity index (χ4n) is 1.33. The van der Waals surface area contributed by atoms with Crippen LogP contribution in [0.15, 0.2) is 18.2 Å². The minimum atomic E-state index is -2.86. The van der Waals surface area contributed by atoms with Crippen molar-refractivity contribution in [3.63, 3.8) is 0 Å². The lowest BCUT2D eigenvalue weighted by atomic mass is 9.96. The van der Waals surface area contributed by atoms with Gasteiger partial charge in [0.05, 0.1) is 12.3 Å². The minimum absolute atomic E-state index is 0.0551. The average molecular weight is 253 g/mol. The molecule has 1 aromatic rings. The molecule has 2 nitrogen and oxygen atoms in total. The lowest BCUT2D eigenvalue weighted by Gasteiger charge is -2.15. The third kappa shape index (κ3) is 3.13. The van der Waals surface area contributed by atoms with Crippen LogP contribution in [0.5, 0.6) is 0 Å². The van der Waals surface area contributed by atoms with Crippen molar-refractivity contribution in [1.82, 2.24) is 0 Å². The summed E-state index contributed by atoms with van der Waals surface area (Å²) in [5, 5.41) is 8.30. The van der Waals surface area contributed by atoms with E-state index < -0.39 is 30.6 Å². The maximum absolute atomic E-state index is 12.7. The topological polar surface area (TPSA) is 37.3 Å². The molecule has 0 amide bonds. The Morgan fingerprint density at radius 2 is 2.06 bits per heavy atom. The van der Waals surface area contributed by atoms with E-state index in [0.717, 1.165) is 18.2 Å². The SMILES string of the molecule is O=C(O)CC(c1ccc(F)cc1Cl)C(F)F. The molecule has 0 bridgehead atoms. The van der Waals surface area contributed by atoms with E-state index in [1.807, 2.05) is 0 Å². The summed E-state index contributed by atoms with van der Waals surface area (Å²) < 4.78 is 37.9. The van der Waals surface area contributed by atoms with Crippen molar-refractivity contribution < 1.29 is 23.1 Å². The number of hydrogen-bond acceptors (Lipinski definition) is 1. The summed E-state index contributed by atoms with van der Waals surface area (Å²) in [6.07, 6.45) is -3.61. The summed E-state index contributed by atoms with van der Waals surface area (Å²) in [5.74, 6) is -3.53. The highest BCUT2D eigenvalue weighted by molar-refractivity contribution is 6.31. The van der Waals surface area contributed by atoms with Crippen LogP contribution in [0, 0.1) is 5.82 Å². The van der Waals surface area contributed by atoms with Crippen LogP contribution in [0.2, 0.25) is 5.02 Å². The third-order valence-electron chi connectivity index (χ3n) is 2.06. The van der Waals surface area contributed by atoms with E-state index in [9.17, 15) is 18.0 Å². The van der Waals surface area contributed by atoms with Gasteiger partial charge in [-0.15, -0.1) is 0 Å². The molecule has 1 atom stereocenters. The monoisotopic (exact) mass is 252 g/mol. The Balaban J connectivity index is 3.05. The zero-order chi connectivity index (χ0) is 12.3. The van der Waals surface area contributed by atoms with Gasteiger partial charge in [0.15, 0.2) is 0 Å². The molecule has 1 unspecified atom stereocenters. The van der Waals surface area contributed by atoms with Crippen molar-refractivity contribution in [2.45, 2.75) is 18.8 Å². The molecule has 0 spiro atoms. The van der Waals surface area contributed by atoms with Crippen LogP contribution in [-0.4, -0.2) is 17.5 Å². The lowest BCUT2D eigenvalue weighted by molar-refractivity contribution is -0.138. The molecule has 0 fully saturated rings. The first-order valence-corrected chi connectivity index (χ1v) is 4.74. The van der Waals surface area contributed by atoms with Crippen LogP contribution < -0.4 is 0 Å². The number of aliphatic carboxylic acids is 1. The van der Waals surface area contributed by atoms with Gasteiger partial charge in [0.1, 0.15) is 5.82 Å². The van der Waals surface area contributed by atoms with Crippen molar-refractivity contribution in [3.05, 3.63) is 34.6 Å². The minimum Gasteiger partial charge on any atom is -0.481 e. The largest absolute Gasteiger partial charge is 0.481 e. The fourth-order valence-corrected chi connectivity index (χ4v) is 1.63. The summed E-state index contributed by atoms with van der Waals surface area (Å²) >= 11 is 5.59. The number of carboxylic acids is 1. The van der Waals surface area contributed by atoms with Crippen LogP contribution in [0.4, 0.5) is 13.2 Å². The number of hydrogen-bond donors (Lipinski definition) is 1. The predicted molar refractivity (Wildman–Crippen MR) is 52.4 cm³/mol. The van der Waals surface area contributed by atoms with E-state index in [4.69, 9.17) is 16.7 Å². The first kappa shape index (κ1) is 12.8. The summed E-state index contributed by atoms with van der Waals surface area (Å²) in [5.41, 5.74) is -0.0551. The quantitative estimate of drug-likeness (QED) is 0.893. The lowest BCUT2D eigenvalue weighted by Crippen LogP contribution is -2.14. The molecule has 0 saturated carbocycles. The summed E-state index contributed by atoms with van der Waals surface area (Å²) in [6.45, 7) is 0. The second-order valence-electron chi connectivity index (χ2n) is 3.20. The molecule has 0 aromatic heterocycles. The highest BCUT2D eigenvalue weighted by Crippen LogP contribution is 2.32. The van der Waals surface area contributed by atoms with Crippen molar-refractivity contribution in [2.24, 2.45) is 0 Å². The van der Waals surface area contributed by atoms with E-state index in [-0.39, 0.29) is 10.6 Å². The van der Waals surface area contributed by atoms with Gasteiger partial charge < -0.3 is 5.11 Å². The smallest absolute Gasteiger partial charge is 0.304 e. The van der Waals surface area contributed by atoms with Crippen LogP contribution in [0.25, 0.3) is 0 Å². The van der Waals surface area contributed by atoms with Crippen molar-refractivity contribution in [2.75, 3.05) is 0 Å². The van der Waals surface area contributed by atoms with E-state index in [2.05, 4.69) is 0 Å². The van der Waals surface area contributed by atoms with Gasteiger partial charge in [-0.1, -0.05) is 17.7 Å². The Kier molecular flexibility index (Phi) is 4.18. The van der Waals surface area contributed by atoms with E-state index in [1.54, 1.807) is 0 Å². The van der Waals surface area contributed by atoms with Crippen molar-refractivity contribution in [1.29, 1.82) is 0 Å². The molecule has 6 heteroatoms. The first-order chi connectivity index (χ1) is 7.41. The molecule has 1 rings (SSSR count). The first-order valence-electron chi connectivity index (χ1n) is 4.36. The van der Waals surface area contributed by atoms with Gasteiger partial charge in [-0.05, 0) is 17.7 Å². The van der Waals surface area contributed by atoms with Crippen LogP contribution in [0.1, 0.15) is 17.9 Å². The average Bonchev–Trinajstić information content (AvgIpc) is 2.14. The maximum atomic E-state index is 12.7. The van der Waals surface area contributed by atoms with Crippen LogP contribution >= 0.6 is 11.6 Å². The second kappa shape index (κ2) is 5.21. The van der Waals surface area contributed by atoms with Gasteiger partial charge >= 0.3 is 5.97 Å². The summed E-state index contributed by atoms with van der Waals surface area (Å²) in [7, 11) is 0. The van der Waals surface area contributed by atoms with Crippen molar-refractivity contribution >= 4 is 17.6 Å². The number of halogens is 4. The molecule has 0 aliphatic carbocycles. The Bertz CT molecular complexity index is 396. The number of carboxylic acid groups (broad SMARTS) is 1. The number of rotatable bonds is 4. The standard InChI is InChI=1S/C10H8ClF3O2/c11-8-3-5(12)1-2-6(8)7(10(13)14)4-9(15)16/h1-3,7,10H,4H2,(H,15,16). The molecule has 1 N–H and O–H groups in total. The highest BCUT2D eigenvalue weighted by atomic mass is 35.5. The molecule has 0 aliphatic rings. The zero-order valence-corrected chi connectivity index (χ0v) is 8.72. The number of alkyl halides is 2. The Hall–Kier alpha value is -1.23. The fraction of sp³-hybridized carbons (Fsp3) is 0.300. The van der Waals surface area contributed by atoms with E-state index in [1.165, 1.54) is 0 Å². The van der Waals surface area contributed by atoms with Gasteiger partial charge in [0.2, 0.25) is 6.43 Å². The highest BCUT2D eigenvalue weighted by Gasteiger charge is 2.27. The summed E-state index contributed by atoms with van der Waals surface area (Å²) in [6, 6.07) is 2.93. The van der Waals surface area contributed by atoms with Gasteiger partial charge in [-0.2, -0.15) is 0 Å². The zero-order valence-electron chi connectivity index (χ0n) is 7.96. The Morgan fingerprint density at radius 3 is 2.50 bits per heavy atom. The maximum Gasteiger partial charge on any atom is 0.304 e. The predicted octanol–water partition coefficient (Wildman–Crippen LogP) is 3.30. The molecule has 16 heavy (non-hydrogen) atoms. The molecule has 0 saturated heterocycles. The molecule has 0 aliphatic heterocycles. The summed E-state index contributed by atoms with van der Waals surface area (Å²) in [4.78, 5) is 10.4. The van der Waals surface area contributed by atoms with Crippen LogP contribution in [-0.2, 0) is 4.79 Å². The number of benzene rings is 1. The molecule has 1 aromatic carbocycles. The molecule has 88 valence electrons. The van der Waals surface area contributed by atoms with E-state index >= 15 is 0 Å². The van der Waals surface area contributed by atoms with Crippen LogP contribution in [0.3, 0.4) is 0 Å². The molecule has 0 radical (unpaired) electrons. The van der Waals surface area contributed by atoms with Gasteiger partial charge in [0.25, 0.3) is 0 Å². The van der Waals surface area contributed by atoms with Gasteiger partial charge in [-0.3, -0.25) is 4.79 Å².